The smallest absolute Gasteiger partial charge is 0.312 e. The van der Waals surface area contributed by atoms with Crippen LogP contribution in [0.2, 0.25) is 0 Å². The number of amidine groups is 1. The van der Waals surface area contributed by atoms with Crippen molar-refractivity contribution in [2.45, 2.75) is 0 Å². The highest BCUT2D eigenvalue weighted by molar-refractivity contribution is 9.10. The molecule has 108 valence electrons. The Balaban J connectivity index is 2.52. The third-order valence-corrected chi connectivity index (χ3v) is 3.04. The number of benzene rings is 1. The number of nitro benzene ring substituents is 1. The van der Waals surface area contributed by atoms with Crippen molar-refractivity contribution in [2.24, 2.45) is 10.9 Å². The summed E-state index contributed by atoms with van der Waals surface area (Å²) in [6, 6.07) is 5.75. The number of halogens is 1. The third-order valence-electron chi connectivity index (χ3n) is 2.41. The Morgan fingerprint density at radius 3 is 2.90 bits per heavy atom. The van der Waals surface area contributed by atoms with E-state index < -0.39 is 4.92 Å². The largest absolute Gasteiger partial charge is 0.428 e. The Morgan fingerprint density at radius 2 is 2.24 bits per heavy atom. The Hall–Kier alpha value is -2.75. The number of rotatable bonds is 4. The molecule has 10 heteroatoms. The van der Waals surface area contributed by atoms with Gasteiger partial charge in [0.15, 0.2) is 5.84 Å². The number of para-hydroxylation sites is 1. The first-order chi connectivity index (χ1) is 10.0. The van der Waals surface area contributed by atoms with Gasteiger partial charge in [0, 0.05) is 6.07 Å². The fourth-order valence-corrected chi connectivity index (χ4v) is 1.92. The quantitative estimate of drug-likeness (QED) is 0.282. The maximum atomic E-state index is 11.0. The molecular weight excluding hydrogens is 346 g/mol. The minimum absolute atomic E-state index is 0.0602. The molecule has 9 nitrogen and oxygen atoms in total. The predicted octanol–water partition coefficient (Wildman–Crippen LogP) is 2.03. The van der Waals surface area contributed by atoms with Crippen molar-refractivity contribution in [3.63, 3.8) is 0 Å². The summed E-state index contributed by atoms with van der Waals surface area (Å²) >= 11 is 3.16. The lowest BCUT2D eigenvalue weighted by molar-refractivity contribution is -0.385. The molecular formula is C11H8BrN5O4. The molecule has 0 fully saturated rings. The Labute approximate surface area is 126 Å². The number of oxime groups is 1. The standard InChI is InChI=1S/C11H8BrN5O4/c12-7-2-1-3-8(17(19)20)9(7)21-11-6(10(13)16-18)4-5-14-15-11/h1-5,18H,(H2,13,16). The summed E-state index contributed by atoms with van der Waals surface area (Å²) in [5.41, 5.74) is 5.38. The molecule has 1 heterocycles. The minimum Gasteiger partial charge on any atom is -0.428 e. The maximum absolute atomic E-state index is 11.0. The SMILES string of the molecule is N/C(=N/O)c1ccnnc1Oc1c(Br)cccc1[N+](=O)[O-]. The lowest BCUT2D eigenvalue weighted by atomic mass is 10.2. The van der Waals surface area contributed by atoms with Gasteiger partial charge in [-0.05, 0) is 28.1 Å². The first-order valence-corrected chi connectivity index (χ1v) is 6.24. The van der Waals surface area contributed by atoms with E-state index in [2.05, 4.69) is 31.3 Å². The van der Waals surface area contributed by atoms with E-state index in [9.17, 15) is 10.1 Å². The van der Waals surface area contributed by atoms with Crippen LogP contribution in [-0.2, 0) is 0 Å². The number of ether oxygens (including phenoxy) is 1. The summed E-state index contributed by atoms with van der Waals surface area (Å²) in [7, 11) is 0. The highest BCUT2D eigenvalue weighted by Crippen LogP contribution is 2.37. The van der Waals surface area contributed by atoms with Crippen LogP contribution in [0.5, 0.6) is 11.6 Å². The number of nitrogens with two attached hydrogens (primary N) is 1. The van der Waals surface area contributed by atoms with E-state index in [-0.39, 0.29) is 28.7 Å². The van der Waals surface area contributed by atoms with Crippen molar-refractivity contribution >= 4 is 27.5 Å². The molecule has 0 saturated carbocycles. The molecule has 0 unspecified atom stereocenters. The molecule has 0 aliphatic heterocycles. The van der Waals surface area contributed by atoms with Gasteiger partial charge < -0.3 is 15.7 Å². The van der Waals surface area contributed by atoms with Gasteiger partial charge in [-0.3, -0.25) is 10.1 Å². The molecule has 0 amide bonds. The van der Waals surface area contributed by atoms with Crippen LogP contribution in [0.25, 0.3) is 0 Å². The minimum atomic E-state index is -0.598. The summed E-state index contributed by atoms with van der Waals surface area (Å²) in [6.07, 6.45) is 1.31. The molecule has 0 radical (unpaired) electrons. The second-order valence-corrected chi connectivity index (χ2v) is 4.54. The van der Waals surface area contributed by atoms with E-state index in [0.717, 1.165) is 0 Å². The van der Waals surface area contributed by atoms with Crippen molar-refractivity contribution in [2.75, 3.05) is 0 Å². The first kappa shape index (κ1) is 14.7. The van der Waals surface area contributed by atoms with E-state index in [1.165, 1.54) is 24.4 Å². The van der Waals surface area contributed by atoms with E-state index in [4.69, 9.17) is 15.7 Å². The molecule has 0 spiro atoms. The van der Waals surface area contributed by atoms with Gasteiger partial charge in [0.25, 0.3) is 0 Å². The molecule has 3 N–H and O–H groups in total. The summed E-state index contributed by atoms with van der Waals surface area (Å²) in [4.78, 5) is 10.4. The van der Waals surface area contributed by atoms with Crippen LogP contribution in [0, 0.1) is 10.1 Å². The van der Waals surface area contributed by atoms with Gasteiger partial charge in [-0.1, -0.05) is 11.2 Å². The molecule has 1 aromatic carbocycles. The molecule has 0 atom stereocenters. The van der Waals surface area contributed by atoms with Crippen molar-refractivity contribution in [1.29, 1.82) is 0 Å². The van der Waals surface area contributed by atoms with Crippen LogP contribution in [-0.4, -0.2) is 26.2 Å². The second-order valence-electron chi connectivity index (χ2n) is 3.68. The zero-order chi connectivity index (χ0) is 15.4. The molecule has 0 aliphatic rings. The zero-order valence-electron chi connectivity index (χ0n) is 10.3. The lowest BCUT2D eigenvalue weighted by Crippen LogP contribution is -2.15. The summed E-state index contributed by atoms with van der Waals surface area (Å²) in [5.74, 6) is -0.438. The molecule has 0 bridgehead atoms. The fraction of sp³-hybridized carbons (Fsp3) is 0. The van der Waals surface area contributed by atoms with E-state index in [1.54, 1.807) is 6.07 Å². The normalized spacial score (nSPS) is 11.2. The van der Waals surface area contributed by atoms with Gasteiger partial charge in [0.1, 0.15) is 0 Å². The maximum Gasteiger partial charge on any atom is 0.312 e. The van der Waals surface area contributed by atoms with Gasteiger partial charge in [-0.25, -0.2) is 0 Å². The van der Waals surface area contributed by atoms with Gasteiger partial charge in [-0.2, -0.15) is 5.10 Å². The average molecular weight is 354 g/mol. The van der Waals surface area contributed by atoms with Gasteiger partial charge in [0.2, 0.25) is 11.6 Å². The molecule has 1 aromatic heterocycles. The summed E-state index contributed by atoms with van der Waals surface area (Å²) in [6.45, 7) is 0. The van der Waals surface area contributed by atoms with Crippen molar-refractivity contribution in [3.05, 3.63) is 50.6 Å². The highest BCUT2D eigenvalue weighted by Gasteiger charge is 2.21. The van der Waals surface area contributed by atoms with Crippen LogP contribution in [0.15, 0.2) is 40.1 Å². The number of aromatic nitrogens is 2. The Kier molecular flexibility index (Phi) is 4.28. The zero-order valence-corrected chi connectivity index (χ0v) is 11.9. The highest BCUT2D eigenvalue weighted by atomic mass is 79.9. The predicted molar refractivity (Wildman–Crippen MR) is 75.4 cm³/mol. The molecule has 21 heavy (non-hydrogen) atoms. The van der Waals surface area contributed by atoms with Gasteiger partial charge in [-0.15, -0.1) is 5.10 Å². The van der Waals surface area contributed by atoms with Crippen LogP contribution >= 0.6 is 15.9 Å². The van der Waals surface area contributed by atoms with Crippen molar-refractivity contribution < 1.29 is 14.9 Å². The lowest BCUT2D eigenvalue weighted by Gasteiger charge is -2.09. The summed E-state index contributed by atoms with van der Waals surface area (Å²) in [5, 5.41) is 29.9. The fourth-order valence-electron chi connectivity index (χ4n) is 1.48. The van der Waals surface area contributed by atoms with Gasteiger partial charge >= 0.3 is 5.69 Å². The molecule has 0 aliphatic carbocycles. The summed E-state index contributed by atoms with van der Waals surface area (Å²) < 4.78 is 5.78. The van der Waals surface area contributed by atoms with E-state index >= 15 is 0 Å². The van der Waals surface area contributed by atoms with Crippen LogP contribution < -0.4 is 10.5 Å². The van der Waals surface area contributed by atoms with Crippen molar-refractivity contribution in [1.82, 2.24) is 10.2 Å². The molecule has 2 aromatic rings. The molecule has 2 rings (SSSR count). The van der Waals surface area contributed by atoms with Crippen LogP contribution in [0.3, 0.4) is 0 Å². The van der Waals surface area contributed by atoms with E-state index in [0.29, 0.717) is 4.47 Å². The third kappa shape index (κ3) is 3.05. The second kappa shape index (κ2) is 6.13. The van der Waals surface area contributed by atoms with Crippen LogP contribution in [0.1, 0.15) is 5.56 Å². The first-order valence-electron chi connectivity index (χ1n) is 5.45. The Morgan fingerprint density at radius 1 is 1.48 bits per heavy atom. The van der Waals surface area contributed by atoms with Crippen molar-refractivity contribution in [3.8, 4) is 11.6 Å². The number of hydrogen-bond donors (Lipinski definition) is 2. The number of hydrogen-bond acceptors (Lipinski definition) is 7. The monoisotopic (exact) mass is 353 g/mol. The van der Waals surface area contributed by atoms with Gasteiger partial charge in [0.05, 0.1) is 21.2 Å². The van der Waals surface area contributed by atoms with Crippen LogP contribution in [0.4, 0.5) is 5.69 Å². The topological polar surface area (TPSA) is 137 Å². The average Bonchev–Trinajstić information content (AvgIpc) is 2.48. The number of nitrogens with zero attached hydrogens (tertiary/aromatic N) is 4. The van der Waals surface area contributed by atoms with E-state index in [1.807, 2.05) is 0 Å². The molecule has 0 saturated heterocycles. The number of nitro groups is 1. The Bertz CT molecular complexity index is 722.